The molecule has 0 amide bonds. The lowest BCUT2D eigenvalue weighted by molar-refractivity contribution is 0.668. The highest BCUT2D eigenvalue weighted by Gasteiger charge is 2.23. The number of furan rings is 1. The molecule has 47 heavy (non-hydrogen) atoms. The smallest absolute Gasteiger partial charge is 0.137 e. The van der Waals surface area contributed by atoms with E-state index in [-0.39, 0.29) is 5.92 Å². The van der Waals surface area contributed by atoms with Gasteiger partial charge in [-0.3, -0.25) is 0 Å². The van der Waals surface area contributed by atoms with Crippen molar-refractivity contribution in [1.29, 1.82) is 0 Å². The molecular weight excluding hydrogens is 571 g/mol. The van der Waals surface area contributed by atoms with Gasteiger partial charge in [0, 0.05) is 39.8 Å². The van der Waals surface area contributed by atoms with Crippen LogP contribution in [0, 0.1) is 27.7 Å². The first-order chi connectivity index (χ1) is 22.9. The predicted octanol–water partition coefficient (Wildman–Crippen LogP) is 12.6. The molecule has 1 aromatic heterocycles. The van der Waals surface area contributed by atoms with E-state index in [0.29, 0.717) is 0 Å². The number of benzene rings is 7. The molecule has 0 aliphatic rings. The van der Waals surface area contributed by atoms with Gasteiger partial charge in [-0.05, 0) is 103 Å². The third-order valence-corrected chi connectivity index (χ3v) is 9.40. The first kappa shape index (κ1) is 28.8. The molecule has 0 bridgehead atoms. The number of hydrogen-bond acceptors (Lipinski definition) is 2. The molecule has 1 atom stereocenters. The Kier molecular flexibility index (Phi) is 7.14. The first-order valence-electron chi connectivity index (χ1n) is 16.4. The van der Waals surface area contributed by atoms with Crippen LogP contribution in [0.5, 0.6) is 0 Å². The summed E-state index contributed by atoms with van der Waals surface area (Å²) in [7, 11) is 0. The van der Waals surface area contributed by atoms with E-state index in [1.54, 1.807) is 0 Å². The van der Waals surface area contributed by atoms with Crippen LogP contribution < -0.4 is 4.90 Å². The molecule has 1 heterocycles. The summed E-state index contributed by atoms with van der Waals surface area (Å²) in [5, 5.41) is 4.75. The van der Waals surface area contributed by atoms with Gasteiger partial charge in [-0.1, -0.05) is 114 Å². The predicted molar refractivity (Wildman–Crippen MR) is 199 cm³/mol. The zero-order valence-electron chi connectivity index (χ0n) is 27.3. The van der Waals surface area contributed by atoms with Crippen LogP contribution in [-0.2, 0) is 0 Å². The second kappa shape index (κ2) is 11.6. The summed E-state index contributed by atoms with van der Waals surface area (Å²) in [4.78, 5) is 2.31. The molecule has 2 nitrogen and oxygen atoms in total. The van der Waals surface area contributed by atoms with Crippen LogP contribution in [0.1, 0.15) is 44.9 Å². The topological polar surface area (TPSA) is 16.4 Å². The molecule has 0 radical (unpaired) electrons. The van der Waals surface area contributed by atoms with E-state index in [2.05, 4.69) is 178 Å². The summed E-state index contributed by atoms with van der Waals surface area (Å²) in [5.74, 6) is 0.0620. The summed E-state index contributed by atoms with van der Waals surface area (Å²) in [5.41, 5.74) is 13.9. The maximum absolute atomic E-state index is 6.84. The Morgan fingerprint density at radius 3 is 1.79 bits per heavy atom. The minimum atomic E-state index is 0.0620. The maximum atomic E-state index is 6.84. The fraction of sp³-hybridized carbons (Fsp3) is 0.111. The van der Waals surface area contributed by atoms with E-state index in [1.807, 2.05) is 0 Å². The third kappa shape index (κ3) is 5.26. The lowest BCUT2D eigenvalue weighted by Crippen LogP contribution is -2.09. The summed E-state index contributed by atoms with van der Waals surface area (Å²) < 4.78 is 6.84. The molecule has 8 aromatic rings. The van der Waals surface area contributed by atoms with Crippen molar-refractivity contribution in [3.8, 4) is 0 Å². The van der Waals surface area contributed by atoms with E-state index in [4.69, 9.17) is 4.42 Å². The number of rotatable bonds is 6. The number of fused-ring (bicyclic) bond motifs is 5. The van der Waals surface area contributed by atoms with E-state index >= 15 is 0 Å². The van der Waals surface area contributed by atoms with Gasteiger partial charge in [0.25, 0.3) is 0 Å². The Bertz CT molecular complexity index is 2400. The zero-order valence-corrected chi connectivity index (χ0v) is 27.3. The first-order valence-corrected chi connectivity index (χ1v) is 16.4. The van der Waals surface area contributed by atoms with E-state index < -0.39 is 0 Å². The molecular formula is C45H37NO. The van der Waals surface area contributed by atoms with Crippen LogP contribution in [0.3, 0.4) is 0 Å². The molecule has 2 heteroatoms. The highest BCUT2D eigenvalue weighted by atomic mass is 16.3. The van der Waals surface area contributed by atoms with Gasteiger partial charge in [0.05, 0.1) is 0 Å². The molecule has 0 saturated carbocycles. The minimum absolute atomic E-state index is 0.0620. The van der Waals surface area contributed by atoms with Gasteiger partial charge in [-0.2, -0.15) is 0 Å². The molecule has 0 aliphatic heterocycles. The van der Waals surface area contributed by atoms with Crippen LogP contribution in [0.2, 0.25) is 0 Å². The quantitative estimate of drug-likeness (QED) is 0.175. The average Bonchev–Trinajstić information content (AvgIpc) is 3.45. The second-order valence-electron chi connectivity index (χ2n) is 12.9. The number of nitrogens with zero attached hydrogens (tertiary/aromatic N) is 1. The summed E-state index contributed by atoms with van der Waals surface area (Å²) >= 11 is 0. The van der Waals surface area contributed by atoms with Crippen molar-refractivity contribution in [2.75, 3.05) is 4.90 Å². The van der Waals surface area contributed by atoms with Crippen molar-refractivity contribution in [1.82, 2.24) is 0 Å². The van der Waals surface area contributed by atoms with Gasteiger partial charge in [-0.15, -0.1) is 0 Å². The lowest BCUT2D eigenvalue weighted by Gasteiger charge is -2.26. The largest absolute Gasteiger partial charge is 0.456 e. The van der Waals surface area contributed by atoms with Crippen molar-refractivity contribution in [2.24, 2.45) is 0 Å². The maximum Gasteiger partial charge on any atom is 0.137 e. The number of hydrogen-bond donors (Lipinski definition) is 0. The molecule has 0 fully saturated rings. The molecule has 0 N–H and O–H groups in total. The van der Waals surface area contributed by atoms with Crippen LogP contribution in [0.25, 0.3) is 32.7 Å². The Labute approximate surface area is 276 Å². The van der Waals surface area contributed by atoms with Crippen LogP contribution in [0.4, 0.5) is 17.1 Å². The molecule has 8 rings (SSSR count). The van der Waals surface area contributed by atoms with Crippen LogP contribution in [0.15, 0.2) is 150 Å². The van der Waals surface area contributed by atoms with E-state index in [1.165, 1.54) is 49.7 Å². The highest BCUT2D eigenvalue weighted by molar-refractivity contribution is 6.20. The van der Waals surface area contributed by atoms with E-state index in [9.17, 15) is 0 Å². The monoisotopic (exact) mass is 607 g/mol. The molecule has 1 unspecified atom stereocenters. The Hall–Kier alpha value is -5.60. The average molecular weight is 608 g/mol. The lowest BCUT2D eigenvalue weighted by atomic mass is 9.81. The SMILES string of the molecule is Cc1ccc(C(c2cccc(C)c2)c2cc3oc4cc(N(c5ccc(C)cc5)c5cccc(C)c5)ccc4c3c3ccccc23)cc1. The summed E-state index contributed by atoms with van der Waals surface area (Å²) in [6, 6.07) is 53.1. The molecule has 0 saturated heterocycles. The zero-order chi connectivity index (χ0) is 32.1. The van der Waals surface area contributed by atoms with Gasteiger partial charge in [0.15, 0.2) is 0 Å². The standard InChI is InChI=1S/C45H37NO/c1-29-15-19-33(20-16-29)44(34-11-7-9-31(3)25-34)41-28-43-45(39-14-6-5-13-38(39)41)40-24-23-37(27-42(40)47-43)46(35-21-17-30(2)18-22-35)36-12-8-10-32(4)26-36/h5-28,44H,1-4H3. The van der Waals surface area contributed by atoms with Gasteiger partial charge >= 0.3 is 0 Å². The Morgan fingerprint density at radius 2 is 1.06 bits per heavy atom. The highest BCUT2D eigenvalue weighted by Crippen LogP contribution is 2.44. The molecule has 0 aliphatic carbocycles. The van der Waals surface area contributed by atoms with Gasteiger partial charge < -0.3 is 9.32 Å². The van der Waals surface area contributed by atoms with Gasteiger partial charge in [-0.25, -0.2) is 0 Å². The fourth-order valence-electron chi connectivity index (χ4n) is 7.10. The van der Waals surface area contributed by atoms with Crippen LogP contribution in [-0.4, -0.2) is 0 Å². The Morgan fingerprint density at radius 1 is 0.426 bits per heavy atom. The third-order valence-electron chi connectivity index (χ3n) is 9.40. The van der Waals surface area contributed by atoms with Gasteiger partial charge in [0.2, 0.25) is 0 Å². The Balaban J connectivity index is 1.36. The van der Waals surface area contributed by atoms with Crippen molar-refractivity contribution >= 4 is 49.8 Å². The summed E-state index contributed by atoms with van der Waals surface area (Å²) in [6.07, 6.45) is 0. The normalized spacial score (nSPS) is 12.2. The number of anilines is 3. The summed E-state index contributed by atoms with van der Waals surface area (Å²) in [6.45, 7) is 8.59. The van der Waals surface area contributed by atoms with Crippen molar-refractivity contribution in [3.63, 3.8) is 0 Å². The molecule has 228 valence electrons. The van der Waals surface area contributed by atoms with Crippen molar-refractivity contribution < 1.29 is 4.42 Å². The van der Waals surface area contributed by atoms with Crippen molar-refractivity contribution in [2.45, 2.75) is 33.6 Å². The second-order valence-corrected chi connectivity index (χ2v) is 12.9. The van der Waals surface area contributed by atoms with Crippen LogP contribution >= 0.6 is 0 Å². The van der Waals surface area contributed by atoms with Gasteiger partial charge in [0.1, 0.15) is 11.2 Å². The fourth-order valence-corrected chi connectivity index (χ4v) is 7.10. The minimum Gasteiger partial charge on any atom is -0.456 e. The molecule has 7 aromatic carbocycles. The number of aryl methyl sites for hydroxylation is 4. The molecule has 0 spiro atoms. The van der Waals surface area contributed by atoms with Crippen molar-refractivity contribution in [3.05, 3.63) is 185 Å². The van der Waals surface area contributed by atoms with E-state index in [0.717, 1.165) is 39.0 Å².